The minimum atomic E-state index is -0.733. The van der Waals surface area contributed by atoms with E-state index in [1.807, 2.05) is 6.92 Å². The molecule has 0 radical (unpaired) electrons. The molecule has 0 atom stereocenters. The first kappa shape index (κ1) is 18.1. The summed E-state index contributed by atoms with van der Waals surface area (Å²) in [7, 11) is 0. The second kappa shape index (κ2) is 8.12. The molecule has 1 aromatic carbocycles. The van der Waals surface area contributed by atoms with Gasteiger partial charge in [-0.15, -0.1) is 0 Å². The number of benzene rings is 1. The van der Waals surface area contributed by atoms with Crippen LogP contribution in [0.15, 0.2) is 23.0 Å². The van der Waals surface area contributed by atoms with Crippen LogP contribution in [0.4, 0.5) is 5.69 Å². The molecule has 2 aromatic rings. The highest BCUT2D eigenvalue weighted by atomic mass is 16.2. The van der Waals surface area contributed by atoms with Crippen LogP contribution in [0.3, 0.4) is 0 Å². The number of anilines is 1. The second-order valence-electron chi connectivity index (χ2n) is 6.59. The zero-order chi connectivity index (χ0) is 18.5. The van der Waals surface area contributed by atoms with Crippen LogP contribution in [0.1, 0.15) is 44.9 Å². The van der Waals surface area contributed by atoms with Crippen molar-refractivity contribution >= 4 is 28.4 Å². The number of aromatic nitrogens is 2. The van der Waals surface area contributed by atoms with Crippen molar-refractivity contribution in [2.45, 2.75) is 52.0 Å². The van der Waals surface area contributed by atoms with Gasteiger partial charge < -0.3 is 10.6 Å². The molecule has 0 saturated carbocycles. The van der Waals surface area contributed by atoms with E-state index < -0.39 is 11.8 Å². The molecule has 3 rings (SSSR count). The van der Waals surface area contributed by atoms with Crippen LogP contribution in [0, 0.1) is 0 Å². The number of amides is 2. The van der Waals surface area contributed by atoms with Crippen molar-refractivity contribution in [1.29, 1.82) is 0 Å². The molecule has 138 valence electrons. The van der Waals surface area contributed by atoms with E-state index in [2.05, 4.69) is 15.6 Å². The highest BCUT2D eigenvalue weighted by molar-refractivity contribution is 6.39. The number of hydrogen-bond donors (Lipinski definition) is 2. The van der Waals surface area contributed by atoms with Gasteiger partial charge in [0.25, 0.3) is 5.56 Å². The molecular weight excluding hydrogens is 332 g/mol. The van der Waals surface area contributed by atoms with Gasteiger partial charge in [0.2, 0.25) is 0 Å². The summed E-state index contributed by atoms with van der Waals surface area (Å²) in [6, 6.07) is 4.98. The van der Waals surface area contributed by atoms with Gasteiger partial charge in [0.1, 0.15) is 5.82 Å². The van der Waals surface area contributed by atoms with E-state index in [1.165, 1.54) is 0 Å². The molecular formula is C19H24N4O3. The summed E-state index contributed by atoms with van der Waals surface area (Å²) in [6.45, 7) is 3.15. The summed E-state index contributed by atoms with van der Waals surface area (Å²) < 4.78 is 1.73. The summed E-state index contributed by atoms with van der Waals surface area (Å²) in [5.74, 6) is -0.578. The van der Waals surface area contributed by atoms with Crippen molar-refractivity contribution in [3.8, 4) is 0 Å². The first-order valence-corrected chi connectivity index (χ1v) is 9.23. The number of unbranched alkanes of at least 4 members (excludes halogenated alkanes) is 1. The third kappa shape index (κ3) is 3.92. The Hall–Kier alpha value is -2.70. The number of fused-ring (bicyclic) bond motifs is 2. The topological polar surface area (TPSA) is 93.1 Å². The van der Waals surface area contributed by atoms with Crippen LogP contribution < -0.4 is 16.2 Å². The van der Waals surface area contributed by atoms with Crippen LogP contribution in [-0.4, -0.2) is 27.9 Å². The Morgan fingerprint density at radius 1 is 1.19 bits per heavy atom. The van der Waals surface area contributed by atoms with E-state index >= 15 is 0 Å². The normalized spacial score (nSPS) is 13.7. The number of nitrogens with one attached hydrogen (secondary N) is 2. The van der Waals surface area contributed by atoms with Crippen molar-refractivity contribution < 1.29 is 9.59 Å². The molecule has 0 fully saturated rings. The number of carbonyl (C=O) groups excluding carboxylic acids is 2. The molecule has 26 heavy (non-hydrogen) atoms. The maximum Gasteiger partial charge on any atom is 0.313 e. The second-order valence-corrected chi connectivity index (χ2v) is 6.59. The van der Waals surface area contributed by atoms with E-state index in [0.717, 1.165) is 44.3 Å². The largest absolute Gasteiger partial charge is 0.348 e. The molecule has 0 aliphatic carbocycles. The van der Waals surface area contributed by atoms with Crippen LogP contribution >= 0.6 is 0 Å². The zero-order valence-electron chi connectivity index (χ0n) is 15.0. The molecule has 1 aliphatic rings. The van der Waals surface area contributed by atoms with Gasteiger partial charge in [-0.2, -0.15) is 0 Å². The molecule has 2 N–H and O–H groups in total. The Morgan fingerprint density at radius 2 is 2.04 bits per heavy atom. The van der Waals surface area contributed by atoms with Gasteiger partial charge in [0.15, 0.2) is 0 Å². The average molecular weight is 356 g/mol. The first-order valence-electron chi connectivity index (χ1n) is 9.23. The SMILES string of the molecule is CCCCNC(=O)C(=O)Nc1ccc2nc3n(c(=O)c2c1)CCCCC3. The predicted octanol–water partition coefficient (Wildman–Crippen LogP) is 1.98. The Kier molecular flexibility index (Phi) is 5.65. The van der Waals surface area contributed by atoms with Gasteiger partial charge in [-0.1, -0.05) is 19.8 Å². The van der Waals surface area contributed by atoms with Crippen LogP contribution in [0.5, 0.6) is 0 Å². The molecule has 7 heteroatoms. The smallest absolute Gasteiger partial charge is 0.313 e. The summed E-state index contributed by atoms with van der Waals surface area (Å²) in [5, 5.41) is 5.58. The van der Waals surface area contributed by atoms with Crippen LogP contribution in [0.25, 0.3) is 10.9 Å². The first-order chi connectivity index (χ1) is 12.6. The Balaban J connectivity index is 1.83. The highest BCUT2D eigenvalue weighted by Gasteiger charge is 2.16. The number of hydrogen-bond acceptors (Lipinski definition) is 4. The molecule has 0 bridgehead atoms. The Labute approximate surface area is 151 Å². The highest BCUT2D eigenvalue weighted by Crippen LogP contribution is 2.18. The van der Waals surface area contributed by atoms with Gasteiger partial charge in [-0.05, 0) is 37.5 Å². The third-order valence-electron chi connectivity index (χ3n) is 4.60. The maximum atomic E-state index is 12.8. The Bertz CT molecular complexity index is 888. The summed E-state index contributed by atoms with van der Waals surface area (Å²) in [6.07, 6.45) is 5.67. The molecule has 2 heterocycles. The lowest BCUT2D eigenvalue weighted by Crippen LogP contribution is -2.35. The molecule has 2 amide bonds. The molecule has 0 spiro atoms. The van der Waals surface area contributed by atoms with Crippen molar-refractivity contribution in [1.82, 2.24) is 14.9 Å². The molecule has 1 aliphatic heterocycles. The monoisotopic (exact) mass is 356 g/mol. The van der Waals surface area contributed by atoms with Crippen molar-refractivity contribution in [3.63, 3.8) is 0 Å². The van der Waals surface area contributed by atoms with Crippen LogP contribution in [-0.2, 0) is 22.6 Å². The number of aryl methyl sites for hydroxylation is 1. The maximum absolute atomic E-state index is 12.8. The standard InChI is InChI=1S/C19H24N4O3/c1-2-3-10-20-17(24)18(25)21-13-8-9-15-14(12-13)19(26)23-11-6-4-5-7-16(23)22-15/h8-9,12H,2-7,10-11H2,1H3,(H,20,24)(H,21,25). The lowest BCUT2D eigenvalue weighted by Gasteiger charge is -2.11. The summed E-state index contributed by atoms with van der Waals surface area (Å²) in [4.78, 5) is 41.2. The van der Waals surface area contributed by atoms with Gasteiger partial charge in [-0.3, -0.25) is 19.0 Å². The lowest BCUT2D eigenvalue weighted by atomic mass is 10.2. The van der Waals surface area contributed by atoms with Gasteiger partial charge in [0.05, 0.1) is 10.9 Å². The fourth-order valence-electron chi connectivity index (χ4n) is 3.14. The summed E-state index contributed by atoms with van der Waals surface area (Å²) in [5.41, 5.74) is 0.949. The predicted molar refractivity (Wildman–Crippen MR) is 100 cm³/mol. The van der Waals surface area contributed by atoms with Gasteiger partial charge in [-0.25, -0.2) is 4.98 Å². The molecule has 1 aromatic heterocycles. The van der Waals surface area contributed by atoms with E-state index in [1.54, 1.807) is 22.8 Å². The van der Waals surface area contributed by atoms with E-state index in [4.69, 9.17) is 0 Å². The fraction of sp³-hybridized carbons (Fsp3) is 0.474. The lowest BCUT2D eigenvalue weighted by molar-refractivity contribution is -0.136. The van der Waals surface area contributed by atoms with Crippen molar-refractivity contribution in [3.05, 3.63) is 34.4 Å². The third-order valence-corrected chi connectivity index (χ3v) is 4.60. The minimum Gasteiger partial charge on any atom is -0.348 e. The molecule has 0 unspecified atom stereocenters. The number of carbonyl (C=O) groups is 2. The van der Waals surface area contributed by atoms with Crippen molar-refractivity contribution in [2.24, 2.45) is 0 Å². The Morgan fingerprint density at radius 3 is 2.85 bits per heavy atom. The van der Waals surface area contributed by atoms with Crippen LogP contribution in [0.2, 0.25) is 0 Å². The van der Waals surface area contributed by atoms with Gasteiger partial charge >= 0.3 is 11.8 Å². The summed E-state index contributed by atoms with van der Waals surface area (Å²) >= 11 is 0. The van der Waals surface area contributed by atoms with E-state index in [-0.39, 0.29) is 5.56 Å². The zero-order valence-corrected chi connectivity index (χ0v) is 15.0. The number of nitrogens with zero attached hydrogens (tertiary/aromatic N) is 2. The van der Waals surface area contributed by atoms with Gasteiger partial charge in [0, 0.05) is 25.2 Å². The average Bonchev–Trinajstić information content (AvgIpc) is 2.88. The van der Waals surface area contributed by atoms with E-state index in [9.17, 15) is 14.4 Å². The van der Waals surface area contributed by atoms with Crippen molar-refractivity contribution in [2.75, 3.05) is 11.9 Å². The fourth-order valence-corrected chi connectivity index (χ4v) is 3.14. The van der Waals surface area contributed by atoms with E-state index in [0.29, 0.717) is 29.7 Å². The molecule has 7 nitrogen and oxygen atoms in total. The minimum absolute atomic E-state index is 0.0876. The quantitative estimate of drug-likeness (QED) is 0.647. The molecule has 0 saturated heterocycles. The number of rotatable bonds is 4.